The van der Waals surface area contributed by atoms with Crippen LogP contribution >= 0.6 is 23.4 Å². The maximum Gasteiger partial charge on any atom is 0.408 e. The molecule has 1 amide bonds. The van der Waals surface area contributed by atoms with E-state index in [1.54, 1.807) is 53.0 Å². The molecule has 0 saturated carbocycles. The number of hydrogen-bond donors (Lipinski definition) is 2. The van der Waals surface area contributed by atoms with Gasteiger partial charge in [0.2, 0.25) is 0 Å². The second kappa shape index (κ2) is 12.6. The average molecular weight is 524 g/mol. The lowest BCUT2D eigenvalue weighted by atomic mass is 9.94. The third-order valence-electron chi connectivity index (χ3n) is 5.03. The fourth-order valence-corrected chi connectivity index (χ4v) is 4.43. The summed E-state index contributed by atoms with van der Waals surface area (Å²) < 4.78 is 16.0. The molecule has 1 atom stereocenters. The Bertz CT molecular complexity index is 1040. The summed E-state index contributed by atoms with van der Waals surface area (Å²) in [5, 5.41) is 13.2. The van der Waals surface area contributed by atoms with Gasteiger partial charge in [-0.05, 0) is 83.4 Å². The minimum Gasteiger partial charge on any atom is -0.466 e. The average Bonchev–Trinajstić information content (AvgIpc) is 2.76. The van der Waals surface area contributed by atoms with Gasteiger partial charge in [-0.1, -0.05) is 29.4 Å². The molecule has 0 aliphatic heterocycles. The van der Waals surface area contributed by atoms with Crippen LogP contribution in [0.1, 0.15) is 57.0 Å². The Balaban J connectivity index is 2.13. The number of hydrogen-bond acceptors (Lipinski definition) is 7. The van der Waals surface area contributed by atoms with Crippen molar-refractivity contribution < 1.29 is 28.9 Å². The molecule has 0 heterocycles. The Kier molecular flexibility index (Phi) is 10.5. The number of ketones is 1. The van der Waals surface area contributed by atoms with Crippen molar-refractivity contribution in [1.29, 1.82) is 0 Å². The number of methoxy groups -OCH3 is 1. The zero-order chi connectivity index (χ0) is 26.2. The molecule has 2 aromatic rings. The van der Waals surface area contributed by atoms with Gasteiger partial charge in [0.15, 0.2) is 12.6 Å². The maximum atomic E-state index is 12.2. The van der Waals surface area contributed by atoms with Gasteiger partial charge in [0.25, 0.3) is 0 Å². The van der Waals surface area contributed by atoms with E-state index in [4.69, 9.17) is 25.8 Å². The van der Waals surface area contributed by atoms with E-state index in [2.05, 4.69) is 5.32 Å². The number of aliphatic hydroxyl groups excluding tert-OH is 1. The van der Waals surface area contributed by atoms with Crippen LogP contribution in [0.15, 0.2) is 46.2 Å². The predicted octanol–water partition coefficient (Wildman–Crippen LogP) is 5.88. The Labute approximate surface area is 216 Å². The van der Waals surface area contributed by atoms with E-state index in [0.717, 1.165) is 15.4 Å². The topological polar surface area (TPSA) is 94.1 Å². The standard InChI is InChI=1S/C26H34ClNO6S/c1-17(30)19-8-10-22(33-16-32-6)23(13-19)35-20-9-7-18(21(27)14-20)11-12-26(5,15-29)28-24(31)34-25(2,3)4/h7-10,13-14,29H,11-12,15-16H2,1-6H3,(H,28,31). The van der Waals surface area contributed by atoms with Gasteiger partial charge >= 0.3 is 6.09 Å². The number of ether oxygens (including phenoxy) is 3. The molecule has 7 nitrogen and oxygen atoms in total. The first-order valence-corrected chi connectivity index (χ1v) is 12.4. The normalized spacial score (nSPS) is 13.1. The summed E-state index contributed by atoms with van der Waals surface area (Å²) in [6.45, 7) is 8.48. The monoisotopic (exact) mass is 523 g/mol. The summed E-state index contributed by atoms with van der Waals surface area (Å²) in [5.41, 5.74) is -0.0223. The Morgan fingerprint density at radius 3 is 2.40 bits per heavy atom. The maximum absolute atomic E-state index is 12.2. The van der Waals surface area contributed by atoms with Gasteiger partial charge in [0.1, 0.15) is 11.4 Å². The SMILES string of the molecule is COCOc1ccc(C(C)=O)cc1Sc1ccc(CCC(C)(CO)NC(=O)OC(C)(C)C)c(Cl)c1. The molecule has 35 heavy (non-hydrogen) atoms. The highest BCUT2D eigenvalue weighted by Gasteiger charge is 2.28. The number of alkyl carbamates (subject to hydrolysis) is 1. The summed E-state index contributed by atoms with van der Waals surface area (Å²) >= 11 is 8.00. The van der Waals surface area contributed by atoms with Crippen molar-refractivity contribution in [3.05, 3.63) is 52.5 Å². The fraction of sp³-hybridized carbons (Fsp3) is 0.462. The largest absolute Gasteiger partial charge is 0.466 e. The molecule has 0 spiro atoms. The molecule has 2 N–H and O–H groups in total. The van der Waals surface area contributed by atoms with Crippen molar-refractivity contribution in [2.24, 2.45) is 0 Å². The molecule has 9 heteroatoms. The first kappa shape index (κ1) is 29.0. The van der Waals surface area contributed by atoms with E-state index >= 15 is 0 Å². The quantitative estimate of drug-likeness (QED) is 0.280. The fourth-order valence-electron chi connectivity index (χ4n) is 3.11. The van der Waals surface area contributed by atoms with E-state index in [9.17, 15) is 14.7 Å². The molecule has 2 aromatic carbocycles. The summed E-state index contributed by atoms with van der Waals surface area (Å²) in [4.78, 5) is 25.7. The lowest BCUT2D eigenvalue weighted by molar-refractivity contribution is 0.0406. The Hall–Kier alpha value is -2.26. The number of rotatable bonds is 11. The number of aryl methyl sites for hydroxylation is 1. The van der Waals surface area contributed by atoms with Crippen molar-refractivity contribution in [2.45, 2.75) is 68.4 Å². The molecule has 0 fully saturated rings. The predicted molar refractivity (Wildman–Crippen MR) is 138 cm³/mol. The van der Waals surface area contributed by atoms with E-state index in [1.807, 2.05) is 18.2 Å². The number of Topliss-reactive ketones (excluding diaryl/α,β-unsaturated/α-hetero) is 1. The molecule has 0 aliphatic rings. The van der Waals surface area contributed by atoms with Crippen LogP contribution < -0.4 is 10.1 Å². The lowest BCUT2D eigenvalue weighted by Crippen LogP contribution is -2.50. The number of nitrogens with one attached hydrogen (secondary N) is 1. The van der Waals surface area contributed by atoms with Crippen molar-refractivity contribution >= 4 is 35.2 Å². The van der Waals surface area contributed by atoms with Gasteiger partial charge in [0.05, 0.1) is 17.0 Å². The van der Waals surface area contributed by atoms with Crippen LogP contribution in [0.3, 0.4) is 0 Å². The van der Waals surface area contributed by atoms with Crippen LogP contribution in [0.4, 0.5) is 4.79 Å². The van der Waals surface area contributed by atoms with Crippen molar-refractivity contribution in [1.82, 2.24) is 5.32 Å². The Morgan fingerprint density at radius 2 is 1.83 bits per heavy atom. The van der Waals surface area contributed by atoms with Crippen LogP contribution in [0, 0.1) is 0 Å². The van der Waals surface area contributed by atoms with Gasteiger partial charge in [-0.3, -0.25) is 4.79 Å². The van der Waals surface area contributed by atoms with Crippen LogP contribution in [0.2, 0.25) is 5.02 Å². The van der Waals surface area contributed by atoms with Gasteiger partial charge in [-0.15, -0.1) is 0 Å². The van der Waals surface area contributed by atoms with E-state index < -0.39 is 17.2 Å². The van der Waals surface area contributed by atoms with E-state index in [0.29, 0.717) is 29.2 Å². The van der Waals surface area contributed by atoms with Crippen LogP contribution in [-0.2, 0) is 15.9 Å². The van der Waals surface area contributed by atoms with Crippen LogP contribution in [-0.4, -0.2) is 48.6 Å². The Morgan fingerprint density at radius 1 is 1.11 bits per heavy atom. The van der Waals surface area contributed by atoms with Crippen LogP contribution in [0.25, 0.3) is 0 Å². The molecule has 192 valence electrons. The minimum atomic E-state index is -0.861. The van der Waals surface area contributed by atoms with Crippen LogP contribution in [0.5, 0.6) is 5.75 Å². The van der Waals surface area contributed by atoms with E-state index in [-0.39, 0.29) is 19.2 Å². The second-order valence-electron chi connectivity index (χ2n) is 9.47. The van der Waals surface area contributed by atoms with Gasteiger partial charge in [0, 0.05) is 22.6 Å². The highest BCUT2D eigenvalue weighted by molar-refractivity contribution is 7.99. The zero-order valence-electron chi connectivity index (χ0n) is 21.1. The number of benzene rings is 2. The minimum absolute atomic E-state index is 0.0366. The first-order valence-electron chi connectivity index (χ1n) is 11.2. The highest BCUT2D eigenvalue weighted by atomic mass is 35.5. The third kappa shape index (κ3) is 9.37. The molecule has 0 radical (unpaired) electrons. The first-order chi connectivity index (χ1) is 16.4. The molecule has 0 saturated heterocycles. The van der Waals surface area contributed by atoms with Crippen molar-refractivity contribution in [3.63, 3.8) is 0 Å². The molecule has 2 rings (SSSR count). The van der Waals surface area contributed by atoms with Gasteiger partial charge in [-0.25, -0.2) is 4.79 Å². The van der Waals surface area contributed by atoms with Gasteiger partial charge in [-0.2, -0.15) is 0 Å². The molecular weight excluding hydrogens is 490 g/mol. The van der Waals surface area contributed by atoms with Crippen molar-refractivity contribution in [2.75, 3.05) is 20.5 Å². The molecule has 0 bridgehead atoms. The molecule has 0 aliphatic carbocycles. The molecule has 0 aromatic heterocycles. The second-order valence-corrected chi connectivity index (χ2v) is 11.0. The van der Waals surface area contributed by atoms with Gasteiger partial charge < -0.3 is 24.6 Å². The lowest BCUT2D eigenvalue weighted by Gasteiger charge is -2.30. The number of halogens is 1. The molecule has 1 unspecified atom stereocenters. The summed E-state index contributed by atoms with van der Waals surface area (Å²) in [5.74, 6) is 0.569. The summed E-state index contributed by atoms with van der Waals surface area (Å²) in [6.07, 6.45) is 0.426. The van der Waals surface area contributed by atoms with Crippen molar-refractivity contribution in [3.8, 4) is 5.75 Å². The number of aliphatic hydroxyl groups is 1. The third-order valence-corrected chi connectivity index (χ3v) is 6.41. The number of carbonyl (C=O) groups excluding carboxylic acids is 2. The molecular formula is C26H34ClNO6S. The highest BCUT2D eigenvalue weighted by Crippen LogP contribution is 2.37. The summed E-state index contributed by atoms with van der Waals surface area (Å²) in [6, 6.07) is 11.0. The van der Waals surface area contributed by atoms with E-state index in [1.165, 1.54) is 18.7 Å². The smallest absolute Gasteiger partial charge is 0.408 e. The number of amides is 1. The summed E-state index contributed by atoms with van der Waals surface area (Å²) in [7, 11) is 1.54. The zero-order valence-corrected chi connectivity index (χ0v) is 22.6. The number of carbonyl (C=O) groups is 2.